The normalized spacial score (nSPS) is 15.4. The van der Waals surface area contributed by atoms with Gasteiger partial charge in [-0.25, -0.2) is 0 Å². The number of alkyl halides is 2. The Morgan fingerprint density at radius 3 is 1.80 bits per heavy atom. The predicted octanol–water partition coefficient (Wildman–Crippen LogP) is 1.27. The summed E-state index contributed by atoms with van der Waals surface area (Å²) in [5, 5.41) is 6.67. The highest BCUT2D eigenvalue weighted by Crippen LogP contribution is 1.95. The van der Waals surface area contributed by atoms with Crippen molar-refractivity contribution in [2.24, 2.45) is 0 Å². The van der Waals surface area contributed by atoms with Gasteiger partial charge in [0.1, 0.15) is 4.84 Å². The van der Waals surface area contributed by atoms with E-state index in [-0.39, 0.29) is 4.84 Å². The molecule has 5 heteroatoms. The van der Waals surface area contributed by atoms with Crippen molar-refractivity contribution >= 4 is 40.5 Å². The zero-order valence-corrected chi connectivity index (χ0v) is 7.98. The van der Waals surface area contributed by atoms with Gasteiger partial charge in [-0.1, -0.05) is 0 Å². The molecule has 1 heterocycles. The number of hydrogen-bond acceptors (Lipinski definition) is 1. The van der Waals surface area contributed by atoms with Crippen LogP contribution in [0.25, 0.3) is 0 Å². The van der Waals surface area contributed by atoms with Crippen LogP contribution in [0.4, 0.5) is 0 Å². The van der Waals surface area contributed by atoms with Gasteiger partial charge in [-0.05, 0) is 19.1 Å². The molecule has 1 rings (SSSR count). The molecule has 60 valence electrons. The first-order valence-electron chi connectivity index (χ1n) is 2.93. The van der Waals surface area contributed by atoms with Crippen molar-refractivity contribution in [1.82, 2.24) is 10.6 Å². The van der Waals surface area contributed by atoms with Crippen LogP contribution in [0.1, 0.15) is 6.92 Å². The van der Waals surface area contributed by atoms with Crippen LogP contribution in [0.5, 0.6) is 0 Å². The fourth-order valence-corrected chi connectivity index (χ4v) is 0.619. The summed E-state index contributed by atoms with van der Waals surface area (Å²) in [5.41, 5.74) is 0. The second kappa shape index (κ2) is 6.01. The molecule has 0 amide bonds. The lowest BCUT2D eigenvalue weighted by Gasteiger charge is -1.85. The van der Waals surface area contributed by atoms with Gasteiger partial charge < -0.3 is 10.6 Å². The molecule has 0 spiro atoms. The second-order valence-corrected chi connectivity index (χ2v) is 3.64. The van der Waals surface area contributed by atoms with Crippen LogP contribution in [-0.2, 0) is 0 Å². The van der Waals surface area contributed by atoms with Gasteiger partial charge in [0.2, 0.25) is 0 Å². The van der Waals surface area contributed by atoms with Crippen LogP contribution in [0.2, 0.25) is 0 Å². The molecule has 0 aromatic heterocycles. The Labute approximate surface area is 76.3 Å². The fraction of sp³-hybridized carbons (Fsp3) is 0.800. The van der Waals surface area contributed by atoms with E-state index in [1.165, 1.54) is 0 Å². The van der Waals surface area contributed by atoms with Crippen molar-refractivity contribution in [3.05, 3.63) is 0 Å². The van der Waals surface area contributed by atoms with Crippen LogP contribution < -0.4 is 10.6 Å². The van der Waals surface area contributed by atoms with Gasteiger partial charge in [-0.15, -0.1) is 23.2 Å². The largest absolute Gasteiger partial charge is 0.361 e. The standard InChI is InChI=1S/C3H6N2S.C2H4Cl2/c6-3-4-1-2-5-3;1-2(3)4/h1-2H2,(H2,4,5,6);2H,1H3. The van der Waals surface area contributed by atoms with Gasteiger partial charge in [0.15, 0.2) is 5.11 Å². The van der Waals surface area contributed by atoms with Gasteiger partial charge in [0.25, 0.3) is 0 Å². The Kier molecular flexibility index (Phi) is 6.17. The van der Waals surface area contributed by atoms with E-state index in [0.717, 1.165) is 18.2 Å². The summed E-state index contributed by atoms with van der Waals surface area (Å²) in [6.45, 7) is 3.67. The zero-order valence-electron chi connectivity index (χ0n) is 5.66. The van der Waals surface area contributed by atoms with Crippen molar-refractivity contribution < 1.29 is 0 Å². The van der Waals surface area contributed by atoms with Crippen molar-refractivity contribution in [2.75, 3.05) is 13.1 Å². The number of nitrogens with one attached hydrogen (secondary N) is 2. The molecule has 0 aromatic rings. The van der Waals surface area contributed by atoms with Crippen LogP contribution in [0.15, 0.2) is 0 Å². The molecule has 1 fully saturated rings. The number of rotatable bonds is 0. The number of thiocarbonyl (C=S) groups is 1. The van der Waals surface area contributed by atoms with Gasteiger partial charge in [-0.3, -0.25) is 0 Å². The molecule has 10 heavy (non-hydrogen) atoms. The summed E-state index contributed by atoms with van der Waals surface area (Å²) < 4.78 is 0. The average molecular weight is 201 g/mol. The second-order valence-electron chi connectivity index (χ2n) is 1.70. The van der Waals surface area contributed by atoms with Crippen molar-refractivity contribution in [1.29, 1.82) is 0 Å². The van der Waals surface area contributed by atoms with Crippen LogP contribution in [0.3, 0.4) is 0 Å². The van der Waals surface area contributed by atoms with Crippen molar-refractivity contribution in [3.63, 3.8) is 0 Å². The fourth-order valence-electron chi connectivity index (χ4n) is 0.415. The van der Waals surface area contributed by atoms with Gasteiger partial charge >= 0.3 is 0 Å². The summed E-state index contributed by atoms with van der Waals surface area (Å²) in [6, 6.07) is 0. The minimum atomic E-state index is -0.222. The van der Waals surface area contributed by atoms with E-state index in [4.69, 9.17) is 35.4 Å². The van der Waals surface area contributed by atoms with E-state index in [2.05, 4.69) is 10.6 Å². The first-order chi connectivity index (χ1) is 4.63. The summed E-state index contributed by atoms with van der Waals surface area (Å²) in [5.74, 6) is 0. The van der Waals surface area contributed by atoms with Crippen LogP contribution >= 0.6 is 35.4 Å². The Bertz CT molecular complexity index is 97.1. The predicted molar refractivity (Wildman–Crippen MR) is 49.8 cm³/mol. The molecule has 1 aliphatic heterocycles. The van der Waals surface area contributed by atoms with Crippen LogP contribution in [-0.4, -0.2) is 23.0 Å². The monoisotopic (exact) mass is 200 g/mol. The maximum absolute atomic E-state index is 5.04. The topological polar surface area (TPSA) is 24.1 Å². The number of hydrogen-bond donors (Lipinski definition) is 2. The van der Waals surface area contributed by atoms with E-state index in [0.29, 0.717) is 0 Å². The molecular formula is C5H10Cl2N2S. The summed E-state index contributed by atoms with van der Waals surface area (Å²) in [6.07, 6.45) is 0. The van der Waals surface area contributed by atoms with E-state index in [1.807, 2.05) is 0 Å². The molecule has 0 atom stereocenters. The molecule has 1 aliphatic rings. The molecule has 0 aliphatic carbocycles. The Morgan fingerprint density at radius 2 is 1.70 bits per heavy atom. The summed E-state index contributed by atoms with van der Waals surface area (Å²) in [7, 11) is 0. The molecule has 1 saturated heterocycles. The first kappa shape index (κ1) is 10.3. The molecular weight excluding hydrogens is 191 g/mol. The molecule has 0 aromatic carbocycles. The number of halogens is 2. The molecule has 0 unspecified atom stereocenters. The van der Waals surface area contributed by atoms with Gasteiger partial charge in [-0.2, -0.15) is 0 Å². The molecule has 2 N–H and O–H groups in total. The smallest absolute Gasteiger partial charge is 0.166 e. The Balaban J connectivity index is 0.000000180. The minimum absolute atomic E-state index is 0.222. The summed E-state index contributed by atoms with van der Waals surface area (Å²) in [4.78, 5) is -0.222. The lowest BCUT2D eigenvalue weighted by Crippen LogP contribution is -2.19. The highest BCUT2D eigenvalue weighted by Gasteiger charge is 1.98. The molecule has 0 radical (unpaired) electrons. The van der Waals surface area contributed by atoms with E-state index in [9.17, 15) is 0 Å². The van der Waals surface area contributed by atoms with Crippen LogP contribution in [0, 0.1) is 0 Å². The highest BCUT2D eigenvalue weighted by atomic mass is 35.5. The SMILES string of the molecule is CC(Cl)Cl.S=C1NCCN1. The third kappa shape index (κ3) is 8.27. The Morgan fingerprint density at radius 1 is 1.40 bits per heavy atom. The van der Waals surface area contributed by atoms with E-state index in [1.54, 1.807) is 6.92 Å². The van der Waals surface area contributed by atoms with E-state index >= 15 is 0 Å². The van der Waals surface area contributed by atoms with Crippen molar-refractivity contribution in [2.45, 2.75) is 11.8 Å². The minimum Gasteiger partial charge on any atom is -0.361 e. The quantitative estimate of drug-likeness (QED) is 0.456. The van der Waals surface area contributed by atoms with Crippen molar-refractivity contribution in [3.8, 4) is 0 Å². The maximum Gasteiger partial charge on any atom is 0.166 e. The lowest BCUT2D eigenvalue weighted by molar-refractivity contribution is 0.942. The first-order valence-corrected chi connectivity index (χ1v) is 4.21. The Hall–Kier alpha value is 0.270. The van der Waals surface area contributed by atoms with E-state index < -0.39 is 0 Å². The molecule has 2 nitrogen and oxygen atoms in total. The molecule has 0 saturated carbocycles. The third-order valence-electron chi connectivity index (χ3n) is 0.696. The highest BCUT2D eigenvalue weighted by molar-refractivity contribution is 7.80. The zero-order chi connectivity index (χ0) is 7.98. The maximum atomic E-state index is 5.04. The average Bonchev–Trinajstić information content (AvgIpc) is 2.15. The summed E-state index contributed by atoms with van der Waals surface area (Å²) >= 11 is 14.8. The van der Waals surface area contributed by atoms with Gasteiger partial charge in [0.05, 0.1) is 0 Å². The lowest BCUT2D eigenvalue weighted by atomic mass is 10.7. The van der Waals surface area contributed by atoms with Gasteiger partial charge in [0, 0.05) is 13.1 Å². The molecule has 0 bridgehead atoms. The third-order valence-corrected chi connectivity index (χ3v) is 0.985.